The van der Waals surface area contributed by atoms with Crippen molar-refractivity contribution in [3.63, 3.8) is 0 Å². The summed E-state index contributed by atoms with van der Waals surface area (Å²) in [6.45, 7) is 1.78. The minimum Gasteiger partial charge on any atom is -0.328 e. The summed E-state index contributed by atoms with van der Waals surface area (Å²) in [5.41, 5.74) is 1.67. The quantitative estimate of drug-likeness (QED) is 0.470. The van der Waals surface area contributed by atoms with Crippen LogP contribution in [0, 0.1) is 5.82 Å². The first-order valence-corrected chi connectivity index (χ1v) is 10.7. The lowest BCUT2D eigenvalue weighted by Gasteiger charge is -2.53. The molecule has 0 aliphatic carbocycles. The molecule has 0 saturated carbocycles. The van der Waals surface area contributed by atoms with Crippen molar-refractivity contribution in [3.05, 3.63) is 102 Å². The van der Waals surface area contributed by atoms with Crippen LogP contribution in [-0.4, -0.2) is 24.0 Å². The molecule has 3 aromatic rings. The Bertz CT molecular complexity index is 1130. The van der Waals surface area contributed by atoms with Crippen LogP contribution < -0.4 is 0 Å². The van der Waals surface area contributed by atoms with Gasteiger partial charge in [0.15, 0.2) is 14.6 Å². The molecule has 3 aromatic carbocycles. The number of benzene rings is 3. The summed E-state index contributed by atoms with van der Waals surface area (Å²) in [6, 6.07) is 22.6. The van der Waals surface area contributed by atoms with E-state index in [4.69, 9.17) is 0 Å². The minimum atomic E-state index is -4.05. The van der Waals surface area contributed by atoms with E-state index in [0.717, 1.165) is 23.3 Å². The van der Waals surface area contributed by atoms with E-state index in [0.29, 0.717) is 6.54 Å². The van der Waals surface area contributed by atoms with Crippen LogP contribution >= 0.6 is 0 Å². The molecule has 0 bridgehead atoms. The topological polar surface area (TPSA) is 54.5 Å². The van der Waals surface area contributed by atoms with Gasteiger partial charge < -0.3 is 4.90 Å². The maximum atomic E-state index is 13.5. The smallest absolute Gasteiger partial charge is 0.247 e. The number of halogens is 1. The highest BCUT2D eigenvalue weighted by Crippen LogP contribution is 2.51. The third-order valence-corrected chi connectivity index (χ3v) is 7.92. The van der Waals surface area contributed by atoms with Crippen molar-refractivity contribution in [2.75, 3.05) is 0 Å². The first kappa shape index (κ1) is 19.3. The molecule has 0 unspecified atom stereocenters. The predicted molar refractivity (Wildman–Crippen MR) is 108 cm³/mol. The maximum Gasteiger partial charge on any atom is 0.247 e. The number of sulfone groups is 1. The second-order valence-corrected chi connectivity index (χ2v) is 9.62. The zero-order valence-corrected chi connectivity index (χ0v) is 16.6. The van der Waals surface area contributed by atoms with Gasteiger partial charge in [0.2, 0.25) is 5.91 Å². The largest absolute Gasteiger partial charge is 0.328 e. The summed E-state index contributed by atoms with van der Waals surface area (Å²) in [7, 11) is -4.05. The van der Waals surface area contributed by atoms with Gasteiger partial charge in [-0.2, -0.15) is 0 Å². The summed E-state index contributed by atoms with van der Waals surface area (Å²) in [5, 5.41) is 0. The Hall–Kier alpha value is -2.99. The van der Waals surface area contributed by atoms with Crippen molar-refractivity contribution < 1.29 is 17.6 Å². The van der Waals surface area contributed by atoms with Gasteiger partial charge in [0, 0.05) is 6.54 Å². The molecule has 6 heteroatoms. The van der Waals surface area contributed by atoms with Crippen molar-refractivity contribution in [3.8, 4) is 0 Å². The zero-order valence-electron chi connectivity index (χ0n) is 15.8. The Morgan fingerprint density at radius 2 is 1.45 bits per heavy atom. The summed E-state index contributed by atoms with van der Waals surface area (Å²) < 4.78 is 38.6. The molecule has 1 amide bonds. The van der Waals surface area contributed by atoms with E-state index in [1.165, 1.54) is 19.1 Å². The van der Waals surface area contributed by atoms with Gasteiger partial charge in [0.25, 0.3) is 0 Å². The lowest BCUT2D eigenvalue weighted by atomic mass is 9.82. The molecule has 2 atom stereocenters. The first-order valence-electron chi connectivity index (χ1n) is 9.26. The Balaban J connectivity index is 1.79. The van der Waals surface area contributed by atoms with Crippen LogP contribution in [-0.2, 0) is 21.2 Å². The monoisotopic (exact) mass is 409 g/mol. The van der Waals surface area contributed by atoms with E-state index in [1.54, 1.807) is 4.90 Å². The Morgan fingerprint density at radius 1 is 0.897 bits per heavy atom. The Morgan fingerprint density at radius 3 is 2.03 bits per heavy atom. The average Bonchev–Trinajstić information content (AvgIpc) is 2.74. The zero-order chi connectivity index (χ0) is 20.6. The van der Waals surface area contributed by atoms with Gasteiger partial charge in [-0.1, -0.05) is 60.7 Å². The van der Waals surface area contributed by atoms with E-state index in [2.05, 4.69) is 0 Å². The van der Waals surface area contributed by atoms with Crippen molar-refractivity contribution in [1.82, 2.24) is 4.90 Å². The standard InChI is InChI=1S/C23H20FNO3S/c1-23(29(27,28)20-14-12-19(24)13-15-20)21(18-10-6-3-7-11-18)25(22(23)26)16-17-8-4-2-5-9-17/h2-15,21H,16H2,1H3/t21-,23+/m0/s1. The maximum absolute atomic E-state index is 13.5. The van der Waals surface area contributed by atoms with Crippen LogP contribution in [0.3, 0.4) is 0 Å². The molecule has 1 heterocycles. The summed E-state index contributed by atoms with van der Waals surface area (Å²) >= 11 is 0. The highest BCUT2D eigenvalue weighted by molar-refractivity contribution is 7.93. The molecule has 1 aliphatic rings. The van der Waals surface area contributed by atoms with Gasteiger partial charge in [-0.15, -0.1) is 0 Å². The molecule has 148 valence electrons. The molecule has 1 aliphatic heterocycles. The molecule has 0 radical (unpaired) electrons. The number of nitrogens with zero attached hydrogens (tertiary/aromatic N) is 1. The number of carbonyl (C=O) groups excluding carboxylic acids is 1. The number of carbonyl (C=O) groups is 1. The van der Waals surface area contributed by atoms with Crippen LogP contribution in [0.4, 0.5) is 4.39 Å². The van der Waals surface area contributed by atoms with Crippen LogP contribution in [0.2, 0.25) is 0 Å². The summed E-state index contributed by atoms with van der Waals surface area (Å²) in [4.78, 5) is 14.8. The molecular weight excluding hydrogens is 389 g/mol. The van der Waals surface area contributed by atoms with Crippen LogP contribution in [0.1, 0.15) is 24.1 Å². The van der Waals surface area contributed by atoms with Gasteiger partial charge >= 0.3 is 0 Å². The summed E-state index contributed by atoms with van der Waals surface area (Å²) in [5.74, 6) is -0.987. The van der Waals surface area contributed by atoms with E-state index in [1.807, 2.05) is 60.7 Å². The van der Waals surface area contributed by atoms with Crippen molar-refractivity contribution >= 4 is 15.7 Å². The van der Waals surface area contributed by atoms with Crippen LogP contribution in [0.25, 0.3) is 0 Å². The van der Waals surface area contributed by atoms with Crippen LogP contribution in [0.15, 0.2) is 89.8 Å². The fourth-order valence-electron chi connectivity index (χ4n) is 3.95. The predicted octanol–water partition coefficient (Wildman–Crippen LogP) is 4.14. The lowest BCUT2D eigenvalue weighted by Crippen LogP contribution is -2.69. The van der Waals surface area contributed by atoms with Crippen LogP contribution in [0.5, 0.6) is 0 Å². The van der Waals surface area contributed by atoms with Crippen molar-refractivity contribution in [1.29, 1.82) is 0 Å². The number of hydrogen-bond donors (Lipinski definition) is 0. The SMILES string of the molecule is C[C@]1(S(=O)(=O)c2ccc(F)cc2)C(=O)N(Cc2ccccc2)[C@H]1c1ccccc1. The molecule has 4 rings (SSSR count). The van der Waals surface area contributed by atoms with E-state index in [-0.39, 0.29) is 4.90 Å². The Kier molecular flexibility index (Phi) is 4.74. The number of hydrogen-bond acceptors (Lipinski definition) is 3. The number of likely N-dealkylation sites (tertiary alicyclic amines) is 1. The van der Waals surface area contributed by atoms with E-state index < -0.39 is 32.4 Å². The molecule has 1 saturated heterocycles. The fraction of sp³-hybridized carbons (Fsp3) is 0.174. The van der Waals surface area contributed by atoms with Gasteiger partial charge in [-0.3, -0.25) is 4.79 Å². The molecule has 1 fully saturated rings. The molecular formula is C23H20FNO3S. The molecule has 29 heavy (non-hydrogen) atoms. The van der Waals surface area contributed by atoms with Gasteiger partial charge in [0.1, 0.15) is 5.82 Å². The highest BCUT2D eigenvalue weighted by Gasteiger charge is 2.66. The van der Waals surface area contributed by atoms with Crippen molar-refractivity contribution in [2.45, 2.75) is 29.2 Å². The number of amides is 1. The van der Waals surface area contributed by atoms with Gasteiger partial charge in [-0.05, 0) is 42.3 Å². The number of rotatable bonds is 5. The van der Waals surface area contributed by atoms with Gasteiger partial charge in [0.05, 0.1) is 10.9 Å². The van der Waals surface area contributed by atoms with E-state index in [9.17, 15) is 17.6 Å². The second-order valence-electron chi connectivity index (χ2n) is 7.30. The summed E-state index contributed by atoms with van der Waals surface area (Å²) in [6.07, 6.45) is 0. The second kappa shape index (κ2) is 7.12. The average molecular weight is 409 g/mol. The highest BCUT2D eigenvalue weighted by atomic mass is 32.2. The first-order chi connectivity index (χ1) is 13.9. The number of β-lactam (4-membered cyclic amide) rings is 1. The minimum absolute atomic E-state index is 0.0601. The fourth-order valence-corrected chi connectivity index (χ4v) is 5.84. The van der Waals surface area contributed by atoms with E-state index >= 15 is 0 Å². The third kappa shape index (κ3) is 3.04. The lowest BCUT2D eigenvalue weighted by molar-refractivity contribution is -0.153. The molecule has 0 aromatic heterocycles. The normalized spacial score (nSPS) is 21.7. The Labute approximate surface area is 169 Å². The molecule has 0 spiro atoms. The third-order valence-electron chi connectivity index (χ3n) is 5.51. The van der Waals surface area contributed by atoms with Crippen molar-refractivity contribution in [2.24, 2.45) is 0 Å². The molecule has 4 nitrogen and oxygen atoms in total. The van der Waals surface area contributed by atoms with Gasteiger partial charge in [-0.25, -0.2) is 12.8 Å². The molecule has 0 N–H and O–H groups in total.